The Bertz CT molecular complexity index is 1020. The van der Waals surface area contributed by atoms with Gasteiger partial charge in [0.05, 0.1) is 5.56 Å². The molecule has 0 aliphatic heterocycles. The van der Waals surface area contributed by atoms with E-state index in [0.717, 1.165) is 47.8 Å². The van der Waals surface area contributed by atoms with Crippen molar-refractivity contribution in [2.75, 3.05) is 0 Å². The Morgan fingerprint density at radius 2 is 1.76 bits per heavy atom. The maximum Gasteiger partial charge on any atom is 0.343 e. The molecule has 1 aromatic heterocycles. The average molecular weight is 334 g/mol. The number of rotatable bonds is 2. The van der Waals surface area contributed by atoms with Crippen LogP contribution in [0.5, 0.6) is 5.75 Å². The molecular formula is C21H18O4. The predicted molar refractivity (Wildman–Crippen MR) is 95.3 cm³/mol. The van der Waals surface area contributed by atoms with E-state index in [2.05, 4.69) is 0 Å². The molecule has 0 fully saturated rings. The smallest absolute Gasteiger partial charge is 0.343 e. The fourth-order valence-corrected chi connectivity index (χ4v) is 3.41. The van der Waals surface area contributed by atoms with Crippen LogP contribution in [0.3, 0.4) is 0 Å². The molecule has 3 aromatic rings. The van der Waals surface area contributed by atoms with Gasteiger partial charge in [-0.2, -0.15) is 0 Å². The molecule has 1 heterocycles. The topological polar surface area (TPSA) is 56.5 Å². The van der Waals surface area contributed by atoms with E-state index in [1.165, 1.54) is 0 Å². The van der Waals surface area contributed by atoms with Crippen LogP contribution < -0.4 is 10.4 Å². The van der Waals surface area contributed by atoms with Crippen LogP contribution in [-0.2, 0) is 12.8 Å². The minimum atomic E-state index is -0.394. The van der Waals surface area contributed by atoms with E-state index in [4.69, 9.17) is 9.15 Å². The summed E-state index contributed by atoms with van der Waals surface area (Å²) in [6.45, 7) is 1.84. The number of fused-ring (bicyclic) bond motifs is 3. The first-order chi connectivity index (χ1) is 12.1. The fraction of sp³-hybridized carbons (Fsp3) is 0.238. The van der Waals surface area contributed by atoms with E-state index in [-0.39, 0.29) is 5.63 Å². The highest BCUT2D eigenvalue weighted by atomic mass is 16.5. The van der Waals surface area contributed by atoms with Gasteiger partial charge in [-0.1, -0.05) is 18.2 Å². The van der Waals surface area contributed by atoms with Crippen LogP contribution in [0.4, 0.5) is 0 Å². The van der Waals surface area contributed by atoms with Crippen molar-refractivity contribution in [1.29, 1.82) is 0 Å². The third kappa shape index (κ3) is 2.84. The van der Waals surface area contributed by atoms with Gasteiger partial charge in [-0.15, -0.1) is 0 Å². The zero-order valence-corrected chi connectivity index (χ0v) is 14.0. The Kier molecular flexibility index (Phi) is 3.88. The fourth-order valence-electron chi connectivity index (χ4n) is 3.41. The van der Waals surface area contributed by atoms with Crippen LogP contribution in [0.15, 0.2) is 51.7 Å². The Morgan fingerprint density at radius 1 is 1.04 bits per heavy atom. The van der Waals surface area contributed by atoms with Gasteiger partial charge in [-0.05, 0) is 68.0 Å². The van der Waals surface area contributed by atoms with Gasteiger partial charge in [0, 0.05) is 10.9 Å². The zero-order valence-electron chi connectivity index (χ0n) is 14.0. The summed E-state index contributed by atoms with van der Waals surface area (Å²) in [6, 6.07) is 12.5. The third-order valence-corrected chi connectivity index (χ3v) is 4.73. The summed E-state index contributed by atoms with van der Waals surface area (Å²) in [5.41, 5.74) is 3.38. The molecule has 25 heavy (non-hydrogen) atoms. The van der Waals surface area contributed by atoms with Crippen molar-refractivity contribution in [3.8, 4) is 5.75 Å². The third-order valence-electron chi connectivity index (χ3n) is 4.73. The van der Waals surface area contributed by atoms with Gasteiger partial charge in [0.25, 0.3) is 0 Å². The monoisotopic (exact) mass is 334 g/mol. The van der Waals surface area contributed by atoms with Gasteiger partial charge in [-0.25, -0.2) is 9.59 Å². The molecule has 0 spiro atoms. The van der Waals surface area contributed by atoms with Crippen molar-refractivity contribution >= 4 is 16.9 Å². The molecular weight excluding hydrogens is 316 g/mol. The number of carbonyl (C=O) groups excluding carboxylic acids is 1. The highest BCUT2D eigenvalue weighted by Gasteiger charge is 2.20. The maximum absolute atomic E-state index is 12.3. The molecule has 4 rings (SSSR count). The summed E-state index contributed by atoms with van der Waals surface area (Å²) in [7, 11) is 0. The average Bonchev–Trinajstić information content (AvgIpc) is 2.64. The number of hydrogen-bond acceptors (Lipinski definition) is 4. The Morgan fingerprint density at radius 3 is 2.52 bits per heavy atom. The first kappa shape index (κ1) is 15.6. The number of carbonyl (C=O) groups is 1. The molecule has 0 radical (unpaired) electrons. The molecule has 0 atom stereocenters. The van der Waals surface area contributed by atoms with E-state index in [0.29, 0.717) is 16.9 Å². The van der Waals surface area contributed by atoms with Crippen LogP contribution in [0.1, 0.15) is 39.9 Å². The van der Waals surface area contributed by atoms with Crippen molar-refractivity contribution in [3.63, 3.8) is 0 Å². The molecule has 0 N–H and O–H groups in total. The van der Waals surface area contributed by atoms with Crippen molar-refractivity contribution in [2.45, 2.75) is 32.6 Å². The number of aryl methyl sites for hydroxylation is 2. The molecule has 0 unspecified atom stereocenters. The van der Waals surface area contributed by atoms with Gasteiger partial charge < -0.3 is 9.15 Å². The van der Waals surface area contributed by atoms with Gasteiger partial charge in [0.2, 0.25) is 0 Å². The molecule has 0 amide bonds. The minimum Gasteiger partial charge on any atom is -0.423 e. The van der Waals surface area contributed by atoms with Gasteiger partial charge in [0.15, 0.2) is 0 Å². The maximum atomic E-state index is 12.3. The second-order valence-corrected chi connectivity index (χ2v) is 6.42. The van der Waals surface area contributed by atoms with Crippen LogP contribution in [-0.4, -0.2) is 5.97 Å². The standard InChI is InChI=1S/C21H18O4/c1-13-11-19-17(15-9-5-6-10-16(15)21(23)25-19)12-18(13)24-20(22)14-7-3-2-4-8-14/h2-4,7-8,11-12H,5-6,9-10H2,1H3. The summed E-state index contributed by atoms with van der Waals surface area (Å²) in [6.07, 6.45) is 3.66. The van der Waals surface area contributed by atoms with E-state index in [1.807, 2.05) is 19.1 Å². The lowest BCUT2D eigenvalue weighted by molar-refractivity contribution is 0.0733. The molecule has 0 saturated heterocycles. The van der Waals surface area contributed by atoms with Crippen LogP contribution >= 0.6 is 0 Å². The summed E-state index contributed by atoms with van der Waals surface area (Å²) < 4.78 is 11.1. The normalized spacial score (nSPS) is 13.5. The van der Waals surface area contributed by atoms with E-state index < -0.39 is 5.97 Å². The second-order valence-electron chi connectivity index (χ2n) is 6.42. The lowest BCUT2D eigenvalue weighted by Crippen LogP contribution is -2.16. The molecule has 4 heteroatoms. The Hall–Kier alpha value is -2.88. The molecule has 1 aliphatic rings. The Labute approximate surface area is 145 Å². The summed E-state index contributed by atoms with van der Waals surface area (Å²) in [5, 5.41) is 0.871. The lowest BCUT2D eigenvalue weighted by Gasteiger charge is -2.17. The van der Waals surface area contributed by atoms with Crippen molar-refractivity contribution < 1.29 is 13.9 Å². The summed E-state index contributed by atoms with van der Waals surface area (Å²) >= 11 is 0. The SMILES string of the molecule is Cc1cc2oc(=O)c3c(c2cc1OC(=O)c1ccccc1)CCCC3. The number of benzene rings is 2. The minimum absolute atomic E-state index is 0.240. The van der Waals surface area contributed by atoms with Crippen LogP contribution in [0, 0.1) is 6.92 Å². The summed E-state index contributed by atoms with van der Waals surface area (Å²) in [4.78, 5) is 24.5. The van der Waals surface area contributed by atoms with Crippen molar-refractivity contribution in [1.82, 2.24) is 0 Å². The number of hydrogen-bond donors (Lipinski definition) is 0. The largest absolute Gasteiger partial charge is 0.423 e. The highest BCUT2D eigenvalue weighted by molar-refractivity contribution is 5.92. The predicted octanol–water partition coefficient (Wildman–Crippen LogP) is 4.20. The van der Waals surface area contributed by atoms with Crippen molar-refractivity contribution in [3.05, 3.63) is 75.1 Å². The first-order valence-electron chi connectivity index (χ1n) is 8.50. The van der Waals surface area contributed by atoms with E-state index in [9.17, 15) is 9.59 Å². The number of ether oxygens (including phenoxy) is 1. The Balaban J connectivity index is 1.80. The number of esters is 1. The molecule has 4 nitrogen and oxygen atoms in total. The second kappa shape index (κ2) is 6.20. The van der Waals surface area contributed by atoms with Crippen molar-refractivity contribution in [2.24, 2.45) is 0 Å². The molecule has 0 bridgehead atoms. The molecule has 0 saturated carbocycles. The van der Waals surface area contributed by atoms with Gasteiger partial charge in [-0.3, -0.25) is 0 Å². The van der Waals surface area contributed by atoms with Crippen LogP contribution in [0.2, 0.25) is 0 Å². The zero-order chi connectivity index (χ0) is 17.4. The highest BCUT2D eigenvalue weighted by Crippen LogP contribution is 2.32. The van der Waals surface area contributed by atoms with Crippen LogP contribution in [0.25, 0.3) is 11.0 Å². The van der Waals surface area contributed by atoms with E-state index in [1.54, 1.807) is 30.3 Å². The quantitative estimate of drug-likeness (QED) is 0.400. The molecule has 2 aromatic carbocycles. The van der Waals surface area contributed by atoms with Gasteiger partial charge >= 0.3 is 11.6 Å². The summed E-state index contributed by atoms with van der Waals surface area (Å²) in [5.74, 6) is 0.109. The lowest BCUT2D eigenvalue weighted by atomic mass is 9.90. The first-order valence-corrected chi connectivity index (χ1v) is 8.50. The molecule has 126 valence electrons. The van der Waals surface area contributed by atoms with E-state index >= 15 is 0 Å². The van der Waals surface area contributed by atoms with Gasteiger partial charge in [0.1, 0.15) is 11.3 Å². The molecule has 1 aliphatic carbocycles.